The monoisotopic (exact) mass is 2020 g/mol. The maximum atomic E-state index is 14.1. The molecule has 7 aliphatic rings. The van der Waals surface area contributed by atoms with Crippen molar-refractivity contribution in [2.24, 2.45) is 0 Å². The van der Waals surface area contributed by atoms with Gasteiger partial charge in [-0.2, -0.15) is 0 Å². The van der Waals surface area contributed by atoms with Gasteiger partial charge in [0, 0.05) is 33.6 Å². The summed E-state index contributed by atoms with van der Waals surface area (Å²) in [5, 5.41) is 259. The molecule has 38 atom stereocenters. The molecule has 7 heterocycles. The molecule has 7 fully saturated rings. The predicted molar refractivity (Wildman–Crippen MR) is 492 cm³/mol. The molecule has 45 nitrogen and oxygen atoms in total. The van der Waals surface area contributed by atoms with Gasteiger partial charge in [0.25, 0.3) is 5.79 Å². The molecule has 0 aromatic rings. The van der Waals surface area contributed by atoms with Crippen molar-refractivity contribution in [3.63, 3.8) is 0 Å². The van der Waals surface area contributed by atoms with Gasteiger partial charge < -0.3 is 200 Å². The molecule has 26 N–H and O–H groups in total. The number of carboxylic acids is 1. The van der Waals surface area contributed by atoms with Crippen LogP contribution >= 0.6 is 0 Å². The van der Waals surface area contributed by atoms with Crippen LogP contribution in [0.3, 0.4) is 0 Å². The highest BCUT2D eigenvalue weighted by atomic mass is 16.8. The van der Waals surface area contributed by atoms with Gasteiger partial charge in [-0.15, -0.1) is 0 Å². The number of aliphatic hydroxyl groups excluding tert-OH is 21. The summed E-state index contributed by atoms with van der Waals surface area (Å²) in [6.45, 7) is -1.41. The Labute approximate surface area is 819 Å². The first-order valence-electron chi connectivity index (χ1n) is 51.1. The number of rotatable bonds is 67. The fourth-order valence-corrected chi connectivity index (χ4v) is 19.1. The van der Waals surface area contributed by atoms with Gasteiger partial charge in [-0.3, -0.25) is 19.2 Å². The van der Waals surface area contributed by atoms with E-state index in [4.69, 9.17) is 66.3 Å². The van der Waals surface area contributed by atoms with Gasteiger partial charge in [-0.25, -0.2) is 4.79 Å². The molecule has 4 amide bonds. The molecular weight excluding hydrogens is 1850 g/mol. The lowest BCUT2D eigenvalue weighted by molar-refractivity contribution is -0.404. The van der Waals surface area contributed by atoms with E-state index in [1.165, 1.54) is 154 Å². The number of amides is 4. The van der Waals surface area contributed by atoms with E-state index in [9.17, 15) is 136 Å². The molecule has 7 saturated heterocycles. The quantitative estimate of drug-likeness (QED) is 0.0228. The first kappa shape index (κ1) is 123. The van der Waals surface area contributed by atoms with Gasteiger partial charge >= 0.3 is 5.97 Å². The predicted octanol–water partition coefficient (Wildman–Crippen LogP) is -2.13. The largest absolute Gasteiger partial charge is 0.477 e. The van der Waals surface area contributed by atoms with Crippen LogP contribution in [0, 0.1) is 0 Å². The lowest BCUT2D eigenvalue weighted by Crippen LogP contribution is -2.72. The van der Waals surface area contributed by atoms with Gasteiger partial charge in [-0.05, 0) is 19.3 Å². The number of ether oxygens (including phenoxy) is 14. The maximum absolute atomic E-state index is 14.1. The molecule has 0 spiro atoms. The number of carbonyl (C=O) groups is 5. The summed E-state index contributed by atoms with van der Waals surface area (Å²) in [7, 11) is 0. The van der Waals surface area contributed by atoms with E-state index in [-0.39, 0.29) is 6.42 Å². The first-order chi connectivity index (χ1) is 67.1. The smallest absolute Gasteiger partial charge is 0.364 e. The summed E-state index contributed by atoms with van der Waals surface area (Å²) < 4.78 is 84.7. The number of hydrogen-bond donors (Lipinski definition) is 26. The van der Waals surface area contributed by atoms with Gasteiger partial charge in [0.2, 0.25) is 23.6 Å². The second kappa shape index (κ2) is 64.8. The number of nitrogens with one attached hydrogen (secondary N) is 4. The number of allylic oxidation sites excluding steroid dienone is 1. The van der Waals surface area contributed by atoms with Gasteiger partial charge in [0.15, 0.2) is 37.7 Å². The SMILES string of the molecule is CCCCCCCCCCCCC/C=C/[C@@H](O)[C@H](CO[C@@H]1OC(CO)[C@@H](O[C@@H]2OC(CO)[C@H](O[C@@H]3OC(CO)[C@H](O)[C@H](O[C@@H]4OC(CO)[C@H](O)[C@H](O[C@@H]5OC(CO)[C@@H](O[C@@H]6OC(CO)[C@H](O)[C@H](O)C6O)[C@H](O)C5NC(C)=O)C4O)C3NC(C)=O)[C@H](O[C@]3(C(=O)O)CC(O)[C@@H](NC(C)=O)C([C@H](O)[C@H](O)CO)O3)C2O)[C@H](O)C1O)NC(=O)CCCCCCCCCCCCCCCCCCCCCCCCC. The number of unbranched alkanes of at least 4 members (excludes halogenated alkanes) is 33. The Morgan fingerprint density at radius 2 is 0.729 bits per heavy atom. The van der Waals surface area contributed by atoms with Crippen molar-refractivity contribution in [2.45, 2.75) is 505 Å². The molecule has 45 heteroatoms. The van der Waals surface area contributed by atoms with Crippen LogP contribution in [0.5, 0.6) is 0 Å². The van der Waals surface area contributed by atoms with E-state index in [1.54, 1.807) is 6.08 Å². The highest BCUT2D eigenvalue weighted by Gasteiger charge is 2.64. The summed E-state index contributed by atoms with van der Waals surface area (Å²) in [4.78, 5) is 67.1. The lowest BCUT2D eigenvalue weighted by Gasteiger charge is -2.53. The van der Waals surface area contributed by atoms with Crippen molar-refractivity contribution in [3.05, 3.63) is 12.2 Å². The Morgan fingerprint density at radius 1 is 0.371 bits per heavy atom. The van der Waals surface area contributed by atoms with Crippen LogP contribution in [0.15, 0.2) is 12.2 Å². The molecule has 0 aromatic heterocycles. The molecule has 14 unspecified atom stereocenters. The summed E-state index contributed by atoms with van der Waals surface area (Å²) in [5.41, 5.74) is 0. The number of hydrogen-bond acceptors (Lipinski definition) is 40. The summed E-state index contributed by atoms with van der Waals surface area (Å²) in [6.07, 6.45) is -27.3. The molecule has 7 aliphatic heterocycles. The molecule has 7 rings (SSSR count). The maximum Gasteiger partial charge on any atom is 0.364 e. The zero-order valence-corrected chi connectivity index (χ0v) is 81.9. The number of carboxylic acid groups (broad SMARTS) is 1. The molecule has 816 valence electrons. The molecule has 0 saturated carbocycles. The topological polar surface area (TPSA) is 708 Å². The minimum atomic E-state index is -3.49. The Hall–Kier alpha value is -4.31. The van der Waals surface area contributed by atoms with Crippen molar-refractivity contribution in [1.82, 2.24) is 21.3 Å². The average molecular weight is 2020 g/mol. The molecule has 0 radical (unpaired) electrons. The highest BCUT2D eigenvalue weighted by molar-refractivity contribution is 5.77. The van der Waals surface area contributed by atoms with Gasteiger partial charge in [0.05, 0.1) is 77.1 Å². The third-order valence-corrected chi connectivity index (χ3v) is 27.2. The fraction of sp³-hybridized carbons (Fsp3) is 0.926. The zero-order valence-electron chi connectivity index (χ0n) is 81.9. The Morgan fingerprint density at radius 3 is 1.19 bits per heavy atom. The van der Waals surface area contributed by atoms with Crippen LogP contribution in [-0.2, 0) is 90.3 Å². The second-order valence-corrected chi connectivity index (χ2v) is 38.5. The van der Waals surface area contributed by atoms with Crippen molar-refractivity contribution >= 4 is 29.6 Å². The van der Waals surface area contributed by atoms with E-state index < -0.39 is 321 Å². The lowest BCUT2D eigenvalue weighted by atomic mass is 9.88. The molecule has 0 bridgehead atoms. The number of aliphatic hydroxyl groups is 21. The van der Waals surface area contributed by atoms with Gasteiger partial charge in [-0.1, -0.05) is 231 Å². The van der Waals surface area contributed by atoms with Crippen molar-refractivity contribution in [1.29, 1.82) is 0 Å². The minimum Gasteiger partial charge on any atom is -0.477 e. The number of carbonyl (C=O) groups excluding carboxylic acids is 4. The fourth-order valence-electron chi connectivity index (χ4n) is 19.1. The van der Waals surface area contributed by atoms with Crippen molar-refractivity contribution in [2.75, 3.05) is 52.9 Å². The van der Waals surface area contributed by atoms with E-state index in [0.717, 1.165) is 85.0 Å². The normalized spacial score (nSPS) is 35.9. The first-order valence-corrected chi connectivity index (χ1v) is 51.1. The summed E-state index contributed by atoms with van der Waals surface area (Å²) in [5.74, 6) is -8.98. The minimum absolute atomic E-state index is 0.0984. The third-order valence-electron chi connectivity index (χ3n) is 27.2. The third kappa shape index (κ3) is 37.2. The van der Waals surface area contributed by atoms with E-state index in [2.05, 4.69) is 35.1 Å². The van der Waals surface area contributed by atoms with Crippen LogP contribution in [-0.4, -0.2) is 427 Å². The van der Waals surface area contributed by atoms with Crippen LogP contribution in [0.25, 0.3) is 0 Å². The molecule has 0 aliphatic carbocycles. The Balaban J connectivity index is 1.10. The van der Waals surface area contributed by atoms with Crippen LogP contribution in [0.1, 0.15) is 272 Å². The van der Waals surface area contributed by atoms with Crippen LogP contribution in [0.4, 0.5) is 0 Å². The Kier molecular flexibility index (Phi) is 56.8. The zero-order chi connectivity index (χ0) is 103. The standard InChI is InChI=1S/C95H170N4O41/c1-6-8-10-12-14-16-18-20-21-22-23-24-25-26-27-28-29-31-33-35-37-39-41-43-66(113)99-56(57(110)42-40-38-36-34-32-30-19-17-15-13-11-9-7-2)52-127-90-78(122)76(120)82(64(50-105)132-90)135-93-80(124)87(140-95(94(125)126)44-58(111)67(96-53(3)107)85(139-95)70(114)59(112)45-100)83(65(51-106)133-93)136-89-69(98-55(5)109)84(72(116)61(47-102)128-89)137-92-79(123)86(73(117)62(48-103)130-92)138-88-68(97-54(4)108)74(118)81(63(49-104)131-88)134-91-77(121)75(119)71(115)60(46-101)129-91/h40,42,56-65,67-93,100-106,110-112,114-124H,6-39,41,43-52H2,1-5H3,(H,96,107)(H,97,108)(H,98,109)(H,99,113)(H,125,126)/b42-40+/t56-,57+,58?,59+,60?,61?,62?,63?,64?,65?,67+,68?,69?,70+,71-,72-,73-,74+,75-,76+,77?,78?,79?,80?,81+,82+,83-,84+,85?,86-,87+,88-,89-,90+,91-,92-,93-,95-/m0/s1. The van der Waals surface area contributed by atoms with E-state index in [0.29, 0.717) is 12.8 Å². The second-order valence-electron chi connectivity index (χ2n) is 38.5. The summed E-state index contributed by atoms with van der Waals surface area (Å²) >= 11 is 0. The van der Waals surface area contributed by atoms with Crippen molar-refractivity contribution in [3.8, 4) is 0 Å². The van der Waals surface area contributed by atoms with Gasteiger partial charge in [0.1, 0.15) is 165 Å². The van der Waals surface area contributed by atoms with Crippen LogP contribution in [0.2, 0.25) is 0 Å². The number of aliphatic carboxylic acids is 1. The average Bonchev–Trinajstić information content (AvgIpc) is 0.764. The Bertz CT molecular complexity index is 3450. The van der Waals surface area contributed by atoms with Crippen LogP contribution < -0.4 is 21.3 Å². The van der Waals surface area contributed by atoms with E-state index in [1.807, 2.05) is 0 Å². The summed E-state index contributed by atoms with van der Waals surface area (Å²) in [6, 6.07) is -7.01. The van der Waals surface area contributed by atoms with E-state index >= 15 is 0 Å². The highest BCUT2D eigenvalue weighted by Crippen LogP contribution is 2.43. The van der Waals surface area contributed by atoms with Crippen molar-refractivity contribution < 1.29 is 203 Å². The molecular formula is C95H170N4O41. The molecule has 0 aromatic carbocycles. The molecule has 140 heavy (non-hydrogen) atoms.